The van der Waals surface area contributed by atoms with Crippen LogP contribution in [0.2, 0.25) is 0 Å². The van der Waals surface area contributed by atoms with E-state index in [4.69, 9.17) is 10.2 Å². The van der Waals surface area contributed by atoms with E-state index in [1.165, 1.54) is 57.8 Å². The molecule has 0 aromatic rings. The summed E-state index contributed by atoms with van der Waals surface area (Å²) >= 11 is 0. The van der Waals surface area contributed by atoms with Gasteiger partial charge in [0.15, 0.2) is 0 Å². The minimum absolute atomic E-state index is 0.324. The van der Waals surface area contributed by atoms with Gasteiger partial charge in [0.1, 0.15) is 0 Å². The maximum atomic E-state index is 10.7. The van der Waals surface area contributed by atoms with E-state index in [1.807, 2.05) is 0 Å². The number of carboxylic acids is 2. The van der Waals surface area contributed by atoms with Crippen molar-refractivity contribution in [3.63, 3.8) is 0 Å². The fourth-order valence-corrected chi connectivity index (χ4v) is 4.85. The Bertz CT molecular complexity index is 390. The first kappa shape index (κ1) is 19.3. The summed E-state index contributed by atoms with van der Waals surface area (Å²) in [4.78, 5) is 21.2. The summed E-state index contributed by atoms with van der Waals surface area (Å²) in [5, 5.41) is 17.5. The quantitative estimate of drug-likeness (QED) is 0.612. The van der Waals surface area contributed by atoms with E-state index in [2.05, 4.69) is 0 Å². The monoisotopic (exact) mass is 338 g/mol. The lowest BCUT2D eigenvalue weighted by Crippen LogP contribution is -2.21. The molecular formula is C20H34O4. The molecule has 0 aliphatic heterocycles. The van der Waals surface area contributed by atoms with Gasteiger partial charge in [-0.1, -0.05) is 51.4 Å². The number of hydrogen-bond donors (Lipinski definition) is 2. The molecule has 0 radical (unpaired) electrons. The third-order valence-corrected chi connectivity index (χ3v) is 6.37. The second-order valence-electron chi connectivity index (χ2n) is 8.23. The van der Waals surface area contributed by atoms with Gasteiger partial charge in [-0.3, -0.25) is 9.59 Å². The van der Waals surface area contributed by atoms with Crippen molar-refractivity contribution in [2.75, 3.05) is 0 Å². The normalized spacial score (nSPS) is 30.8. The van der Waals surface area contributed by atoms with Gasteiger partial charge in [-0.15, -0.1) is 0 Å². The maximum absolute atomic E-state index is 10.7. The highest BCUT2D eigenvalue weighted by atomic mass is 16.4. The standard InChI is InChI=1S/C20H34O4/c21-19(22)3-1-2-15-4-8-17(9-5-15)14-18-10-6-16(7-11-18)12-13-20(23)24/h15-18H,1-14H2,(H,21,22)(H,23,24). The molecule has 2 saturated carbocycles. The second-order valence-corrected chi connectivity index (χ2v) is 8.23. The first-order valence-corrected chi connectivity index (χ1v) is 9.96. The highest BCUT2D eigenvalue weighted by molar-refractivity contribution is 5.66. The van der Waals surface area contributed by atoms with E-state index in [1.54, 1.807) is 0 Å². The van der Waals surface area contributed by atoms with Gasteiger partial charge in [-0.05, 0) is 49.4 Å². The predicted octanol–water partition coefficient (Wildman–Crippen LogP) is 5.11. The molecule has 4 nitrogen and oxygen atoms in total. The van der Waals surface area contributed by atoms with Crippen LogP contribution >= 0.6 is 0 Å². The molecule has 0 aromatic carbocycles. The summed E-state index contributed by atoms with van der Waals surface area (Å²) in [6, 6.07) is 0. The van der Waals surface area contributed by atoms with Crippen molar-refractivity contribution in [1.29, 1.82) is 0 Å². The van der Waals surface area contributed by atoms with Crippen molar-refractivity contribution in [3.05, 3.63) is 0 Å². The molecule has 0 heterocycles. The summed E-state index contributed by atoms with van der Waals surface area (Å²) in [7, 11) is 0. The van der Waals surface area contributed by atoms with Gasteiger partial charge in [0.25, 0.3) is 0 Å². The number of hydrogen-bond acceptors (Lipinski definition) is 2. The average Bonchev–Trinajstić information content (AvgIpc) is 2.55. The molecular weight excluding hydrogens is 304 g/mol. The van der Waals surface area contributed by atoms with Crippen LogP contribution in [0.4, 0.5) is 0 Å². The van der Waals surface area contributed by atoms with Gasteiger partial charge in [-0.2, -0.15) is 0 Å². The van der Waals surface area contributed by atoms with E-state index < -0.39 is 11.9 Å². The topological polar surface area (TPSA) is 74.6 Å². The molecule has 0 aromatic heterocycles. The molecule has 138 valence electrons. The zero-order valence-corrected chi connectivity index (χ0v) is 14.9. The average molecular weight is 338 g/mol. The molecule has 0 atom stereocenters. The van der Waals surface area contributed by atoms with Crippen LogP contribution in [0, 0.1) is 23.7 Å². The van der Waals surface area contributed by atoms with Crippen LogP contribution < -0.4 is 0 Å². The summed E-state index contributed by atoms with van der Waals surface area (Å²) in [6.07, 6.45) is 15.1. The van der Waals surface area contributed by atoms with Gasteiger partial charge in [0, 0.05) is 12.8 Å². The molecule has 0 unspecified atom stereocenters. The van der Waals surface area contributed by atoms with Gasteiger partial charge in [-0.25, -0.2) is 0 Å². The van der Waals surface area contributed by atoms with Crippen molar-refractivity contribution in [2.45, 2.75) is 89.9 Å². The van der Waals surface area contributed by atoms with Crippen molar-refractivity contribution < 1.29 is 19.8 Å². The lowest BCUT2D eigenvalue weighted by atomic mass is 9.72. The Morgan fingerprint density at radius 2 is 1.04 bits per heavy atom. The first-order valence-electron chi connectivity index (χ1n) is 9.96. The van der Waals surface area contributed by atoms with E-state index in [0.717, 1.165) is 37.0 Å². The zero-order chi connectivity index (χ0) is 17.4. The molecule has 2 N–H and O–H groups in total. The Morgan fingerprint density at radius 3 is 1.50 bits per heavy atom. The largest absolute Gasteiger partial charge is 0.481 e. The predicted molar refractivity (Wildman–Crippen MR) is 93.9 cm³/mol. The fourth-order valence-electron chi connectivity index (χ4n) is 4.85. The molecule has 0 saturated heterocycles. The highest BCUT2D eigenvalue weighted by Crippen LogP contribution is 2.40. The number of rotatable bonds is 9. The minimum Gasteiger partial charge on any atom is -0.481 e. The lowest BCUT2D eigenvalue weighted by molar-refractivity contribution is -0.138. The third-order valence-electron chi connectivity index (χ3n) is 6.37. The van der Waals surface area contributed by atoms with Gasteiger partial charge >= 0.3 is 11.9 Å². The van der Waals surface area contributed by atoms with Crippen LogP contribution in [-0.4, -0.2) is 22.2 Å². The van der Waals surface area contributed by atoms with Crippen molar-refractivity contribution >= 4 is 11.9 Å². The van der Waals surface area contributed by atoms with Gasteiger partial charge in [0.2, 0.25) is 0 Å². The van der Waals surface area contributed by atoms with Crippen LogP contribution in [0.25, 0.3) is 0 Å². The SMILES string of the molecule is O=C(O)CCCC1CCC(CC2CCC(CCC(=O)O)CC2)CC1. The van der Waals surface area contributed by atoms with Crippen LogP contribution in [0.5, 0.6) is 0 Å². The fraction of sp³-hybridized carbons (Fsp3) is 0.900. The molecule has 2 aliphatic carbocycles. The number of aliphatic carboxylic acids is 2. The Kier molecular flexibility index (Phi) is 8.07. The third kappa shape index (κ3) is 7.23. The van der Waals surface area contributed by atoms with Gasteiger partial charge < -0.3 is 10.2 Å². The van der Waals surface area contributed by atoms with Gasteiger partial charge in [0.05, 0.1) is 0 Å². The summed E-state index contributed by atoms with van der Waals surface area (Å²) in [6.45, 7) is 0. The van der Waals surface area contributed by atoms with Crippen LogP contribution in [-0.2, 0) is 9.59 Å². The van der Waals surface area contributed by atoms with Crippen molar-refractivity contribution in [3.8, 4) is 0 Å². The van der Waals surface area contributed by atoms with Crippen LogP contribution in [0.3, 0.4) is 0 Å². The molecule has 4 heteroatoms. The molecule has 2 aliphatic rings. The number of carboxylic acid groups (broad SMARTS) is 2. The smallest absolute Gasteiger partial charge is 0.303 e. The molecule has 2 fully saturated rings. The highest BCUT2D eigenvalue weighted by Gasteiger charge is 2.27. The summed E-state index contributed by atoms with van der Waals surface area (Å²) in [5.74, 6) is 1.82. The minimum atomic E-state index is -0.664. The van der Waals surface area contributed by atoms with E-state index in [9.17, 15) is 9.59 Å². The Labute approximate surface area is 146 Å². The second kappa shape index (κ2) is 10.0. The Hall–Kier alpha value is -1.06. The van der Waals surface area contributed by atoms with Crippen molar-refractivity contribution in [1.82, 2.24) is 0 Å². The van der Waals surface area contributed by atoms with E-state index >= 15 is 0 Å². The van der Waals surface area contributed by atoms with E-state index in [0.29, 0.717) is 18.8 Å². The molecule has 0 bridgehead atoms. The first-order chi connectivity index (χ1) is 11.5. The summed E-state index contributed by atoms with van der Waals surface area (Å²) in [5.41, 5.74) is 0. The van der Waals surface area contributed by atoms with Crippen LogP contribution in [0.15, 0.2) is 0 Å². The lowest BCUT2D eigenvalue weighted by Gasteiger charge is -2.34. The molecule has 0 amide bonds. The van der Waals surface area contributed by atoms with Crippen molar-refractivity contribution in [2.24, 2.45) is 23.7 Å². The Balaban J connectivity index is 1.56. The molecule has 24 heavy (non-hydrogen) atoms. The zero-order valence-electron chi connectivity index (χ0n) is 14.9. The van der Waals surface area contributed by atoms with Crippen LogP contribution in [0.1, 0.15) is 89.9 Å². The maximum Gasteiger partial charge on any atom is 0.303 e. The molecule has 2 rings (SSSR count). The van der Waals surface area contributed by atoms with E-state index in [-0.39, 0.29) is 0 Å². The Morgan fingerprint density at radius 1 is 0.625 bits per heavy atom. The number of carbonyl (C=O) groups is 2. The summed E-state index contributed by atoms with van der Waals surface area (Å²) < 4.78 is 0. The molecule has 0 spiro atoms.